The molecule has 2 N–H and O–H groups in total. The summed E-state index contributed by atoms with van der Waals surface area (Å²) >= 11 is 0. The van der Waals surface area contributed by atoms with Crippen LogP contribution in [0.3, 0.4) is 0 Å². The Hall–Kier alpha value is -1.48. The van der Waals surface area contributed by atoms with Crippen LogP contribution in [-0.2, 0) is 12.8 Å². The molecule has 0 spiro atoms. The number of hydrogen-bond donors (Lipinski definition) is 2. The van der Waals surface area contributed by atoms with Crippen molar-refractivity contribution in [2.45, 2.75) is 26.2 Å². The van der Waals surface area contributed by atoms with Crippen molar-refractivity contribution in [3.63, 3.8) is 0 Å². The van der Waals surface area contributed by atoms with Gasteiger partial charge in [0, 0.05) is 16.6 Å². The Balaban J connectivity index is 1.80. The Morgan fingerprint density at radius 3 is 3.05 bits per heavy atom. The van der Waals surface area contributed by atoms with Gasteiger partial charge in [-0.3, -0.25) is 0 Å². The molecule has 0 saturated heterocycles. The molecule has 0 amide bonds. The van der Waals surface area contributed by atoms with Crippen molar-refractivity contribution in [2.75, 3.05) is 20.2 Å². The second-order valence-electron chi connectivity index (χ2n) is 5.47. The van der Waals surface area contributed by atoms with E-state index in [1.165, 1.54) is 41.4 Å². The minimum Gasteiger partial charge on any atom is -0.497 e. The molecule has 3 rings (SSSR count). The topological polar surface area (TPSA) is 37.0 Å². The van der Waals surface area contributed by atoms with Crippen molar-refractivity contribution in [3.8, 4) is 5.75 Å². The number of methoxy groups -OCH3 is 1. The van der Waals surface area contributed by atoms with E-state index in [-0.39, 0.29) is 0 Å². The molecule has 0 bridgehead atoms. The van der Waals surface area contributed by atoms with Gasteiger partial charge >= 0.3 is 0 Å². The highest BCUT2D eigenvalue weighted by Crippen LogP contribution is 2.34. The number of nitrogens with one attached hydrogen (secondary N) is 2. The van der Waals surface area contributed by atoms with Gasteiger partial charge in [-0.1, -0.05) is 6.92 Å². The molecule has 3 heteroatoms. The fourth-order valence-corrected chi connectivity index (χ4v) is 3.09. The molecule has 1 aromatic heterocycles. The first-order chi connectivity index (χ1) is 9.31. The van der Waals surface area contributed by atoms with Crippen LogP contribution in [0.15, 0.2) is 18.2 Å². The van der Waals surface area contributed by atoms with Crippen molar-refractivity contribution in [1.82, 2.24) is 10.3 Å². The van der Waals surface area contributed by atoms with Crippen molar-refractivity contribution in [1.29, 1.82) is 0 Å². The number of benzene rings is 1. The zero-order valence-corrected chi connectivity index (χ0v) is 11.8. The van der Waals surface area contributed by atoms with Gasteiger partial charge in [-0.25, -0.2) is 0 Å². The number of aromatic nitrogens is 1. The van der Waals surface area contributed by atoms with E-state index in [9.17, 15) is 0 Å². The van der Waals surface area contributed by atoms with Crippen LogP contribution in [0.4, 0.5) is 0 Å². The van der Waals surface area contributed by atoms with Gasteiger partial charge in [-0.15, -0.1) is 0 Å². The third kappa shape index (κ3) is 2.35. The van der Waals surface area contributed by atoms with E-state index in [4.69, 9.17) is 4.74 Å². The van der Waals surface area contributed by atoms with Crippen molar-refractivity contribution < 1.29 is 4.74 Å². The van der Waals surface area contributed by atoms with Crippen LogP contribution in [0.2, 0.25) is 0 Å². The van der Waals surface area contributed by atoms with Gasteiger partial charge in [0.25, 0.3) is 0 Å². The predicted octanol–water partition coefficient (Wildman–Crippen LogP) is 2.89. The van der Waals surface area contributed by atoms with E-state index in [1.807, 2.05) is 6.07 Å². The lowest BCUT2D eigenvalue weighted by Gasteiger charge is -2.10. The fraction of sp³-hybridized carbons (Fsp3) is 0.500. The van der Waals surface area contributed by atoms with Crippen LogP contribution in [0.1, 0.15) is 24.6 Å². The van der Waals surface area contributed by atoms with E-state index >= 15 is 0 Å². The van der Waals surface area contributed by atoms with Gasteiger partial charge in [0.15, 0.2) is 0 Å². The normalized spacial score (nSPS) is 17.9. The van der Waals surface area contributed by atoms with Crippen molar-refractivity contribution >= 4 is 10.9 Å². The molecular formula is C16H22N2O. The molecule has 19 heavy (non-hydrogen) atoms. The second kappa shape index (κ2) is 5.25. The van der Waals surface area contributed by atoms with E-state index in [1.54, 1.807) is 7.11 Å². The molecule has 1 heterocycles. The summed E-state index contributed by atoms with van der Waals surface area (Å²) in [6.45, 7) is 4.46. The summed E-state index contributed by atoms with van der Waals surface area (Å²) in [7, 11) is 1.73. The summed E-state index contributed by atoms with van der Waals surface area (Å²) in [5.74, 6) is 1.69. The lowest BCUT2D eigenvalue weighted by Crippen LogP contribution is -2.23. The molecule has 102 valence electrons. The summed E-state index contributed by atoms with van der Waals surface area (Å²) in [5, 5.41) is 4.87. The Morgan fingerprint density at radius 2 is 2.26 bits per heavy atom. The van der Waals surface area contributed by atoms with Crippen LogP contribution in [-0.4, -0.2) is 25.2 Å². The zero-order chi connectivity index (χ0) is 13.2. The van der Waals surface area contributed by atoms with E-state index in [2.05, 4.69) is 29.4 Å². The molecule has 0 radical (unpaired) electrons. The van der Waals surface area contributed by atoms with Gasteiger partial charge in [0.05, 0.1) is 7.11 Å². The number of hydrogen-bond acceptors (Lipinski definition) is 2. The number of ether oxygens (including phenoxy) is 1. The predicted molar refractivity (Wildman–Crippen MR) is 78.9 cm³/mol. The Morgan fingerprint density at radius 1 is 1.37 bits per heavy atom. The first kappa shape index (κ1) is 12.5. The first-order valence-corrected chi connectivity index (χ1v) is 7.20. The average Bonchev–Trinajstić information content (AvgIpc) is 2.95. The molecule has 2 aromatic rings. The number of aromatic amines is 1. The summed E-state index contributed by atoms with van der Waals surface area (Å²) in [6.07, 6.45) is 3.56. The highest BCUT2D eigenvalue weighted by molar-refractivity contribution is 5.86. The number of H-pyrrole nitrogens is 1. The third-order valence-corrected chi connectivity index (χ3v) is 4.05. The minimum atomic E-state index is 0.739. The second-order valence-corrected chi connectivity index (χ2v) is 5.47. The van der Waals surface area contributed by atoms with Crippen molar-refractivity contribution in [3.05, 3.63) is 29.5 Å². The maximum atomic E-state index is 5.33. The van der Waals surface area contributed by atoms with Gasteiger partial charge < -0.3 is 15.0 Å². The third-order valence-electron chi connectivity index (χ3n) is 4.05. The van der Waals surface area contributed by atoms with E-state index in [0.717, 1.165) is 24.8 Å². The van der Waals surface area contributed by atoms with E-state index in [0.29, 0.717) is 0 Å². The summed E-state index contributed by atoms with van der Waals surface area (Å²) in [5.41, 5.74) is 4.16. The monoisotopic (exact) mass is 258 g/mol. The highest BCUT2D eigenvalue weighted by atomic mass is 16.5. The molecule has 1 atom stereocenters. The maximum Gasteiger partial charge on any atom is 0.119 e. The SMILES string of the molecule is CCCNCC1Cc2[nH]c3ccc(OC)cc3c2C1. The van der Waals surface area contributed by atoms with E-state index < -0.39 is 0 Å². The quantitative estimate of drug-likeness (QED) is 0.809. The summed E-state index contributed by atoms with van der Waals surface area (Å²) in [4.78, 5) is 3.56. The summed E-state index contributed by atoms with van der Waals surface area (Å²) < 4.78 is 5.33. The first-order valence-electron chi connectivity index (χ1n) is 7.20. The van der Waals surface area contributed by atoms with Gasteiger partial charge in [-0.05, 0) is 62.0 Å². The van der Waals surface area contributed by atoms with Crippen LogP contribution in [0, 0.1) is 5.92 Å². The zero-order valence-electron chi connectivity index (χ0n) is 11.8. The van der Waals surface area contributed by atoms with Crippen LogP contribution in [0.25, 0.3) is 10.9 Å². The van der Waals surface area contributed by atoms with Crippen LogP contribution < -0.4 is 10.1 Å². The van der Waals surface area contributed by atoms with Gasteiger partial charge in [0.2, 0.25) is 0 Å². The molecule has 1 aliphatic carbocycles. The Bertz CT molecular complexity index is 573. The lowest BCUT2D eigenvalue weighted by molar-refractivity contribution is 0.415. The molecule has 1 aliphatic rings. The van der Waals surface area contributed by atoms with Crippen LogP contribution >= 0.6 is 0 Å². The molecule has 0 saturated carbocycles. The highest BCUT2D eigenvalue weighted by Gasteiger charge is 2.25. The summed E-state index contributed by atoms with van der Waals surface area (Å²) in [6, 6.07) is 6.30. The Kier molecular flexibility index (Phi) is 3.47. The van der Waals surface area contributed by atoms with Crippen LogP contribution in [0.5, 0.6) is 5.75 Å². The molecule has 0 fully saturated rings. The number of fused-ring (bicyclic) bond motifs is 3. The average molecular weight is 258 g/mol. The lowest BCUT2D eigenvalue weighted by atomic mass is 10.0. The van der Waals surface area contributed by atoms with Gasteiger partial charge in [0.1, 0.15) is 5.75 Å². The standard InChI is InChI=1S/C16H22N2O/c1-3-6-17-10-11-7-13-14-9-12(19-2)4-5-15(14)18-16(13)8-11/h4-5,9,11,17-18H,3,6-8,10H2,1-2H3. The smallest absolute Gasteiger partial charge is 0.119 e. The largest absolute Gasteiger partial charge is 0.497 e. The Labute approximate surface area is 114 Å². The molecule has 1 unspecified atom stereocenters. The molecule has 0 aliphatic heterocycles. The van der Waals surface area contributed by atoms with Gasteiger partial charge in [-0.2, -0.15) is 0 Å². The molecule has 3 nitrogen and oxygen atoms in total. The molecular weight excluding hydrogens is 236 g/mol. The maximum absolute atomic E-state index is 5.33. The minimum absolute atomic E-state index is 0.739. The van der Waals surface area contributed by atoms with Crippen molar-refractivity contribution in [2.24, 2.45) is 5.92 Å². The number of rotatable bonds is 5. The fourth-order valence-electron chi connectivity index (χ4n) is 3.09. The molecule has 1 aromatic carbocycles.